The molecule has 2 N–H and O–H groups in total. The summed E-state index contributed by atoms with van der Waals surface area (Å²) in [6.07, 6.45) is 0. The number of aryl methyl sites for hydroxylation is 1. The number of thiazole rings is 1. The summed E-state index contributed by atoms with van der Waals surface area (Å²) in [6.45, 7) is 1.83. The minimum absolute atomic E-state index is 0.0336. The fourth-order valence-corrected chi connectivity index (χ4v) is 3.23. The molecule has 0 spiro atoms. The molecule has 0 saturated heterocycles. The molecule has 2 aromatic rings. The third-order valence-corrected chi connectivity index (χ3v) is 4.78. The molecule has 0 aliphatic rings. The van der Waals surface area contributed by atoms with E-state index in [-0.39, 0.29) is 17.1 Å². The SMILES string of the molecule is Cc1ccc(S(=O)(=O)NCc2nc(C(=O)O)cs2)cc1. The highest BCUT2D eigenvalue weighted by Crippen LogP contribution is 2.13. The number of aromatic nitrogens is 1. The molecule has 1 heterocycles. The first-order chi connectivity index (χ1) is 9.38. The Labute approximate surface area is 120 Å². The Morgan fingerprint density at radius 2 is 2.00 bits per heavy atom. The molecule has 0 fully saturated rings. The van der Waals surface area contributed by atoms with Crippen LogP contribution in [0.2, 0.25) is 0 Å². The fraction of sp³-hybridized carbons (Fsp3) is 0.167. The number of carboxylic acid groups (broad SMARTS) is 1. The van der Waals surface area contributed by atoms with Crippen LogP contribution in [0.5, 0.6) is 0 Å². The third kappa shape index (κ3) is 3.41. The van der Waals surface area contributed by atoms with Crippen LogP contribution in [0.25, 0.3) is 0 Å². The Kier molecular flexibility index (Phi) is 4.17. The first kappa shape index (κ1) is 14.6. The Morgan fingerprint density at radius 1 is 1.35 bits per heavy atom. The lowest BCUT2D eigenvalue weighted by atomic mass is 10.2. The van der Waals surface area contributed by atoms with Crippen molar-refractivity contribution < 1.29 is 18.3 Å². The van der Waals surface area contributed by atoms with E-state index in [2.05, 4.69) is 9.71 Å². The third-order valence-electron chi connectivity index (χ3n) is 2.52. The molecule has 0 aliphatic heterocycles. The van der Waals surface area contributed by atoms with Crippen LogP contribution in [-0.2, 0) is 16.6 Å². The summed E-state index contributed by atoms with van der Waals surface area (Å²) in [5.74, 6) is -1.13. The van der Waals surface area contributed by atoms with Gasteiger partial charge in [0.05, 0.1) is 11.4 Å². The van der Waals surface area contributed by atoms with Gasteiger partial charge in [-0.15, -0.1) is 11.3 Å². The zero-order valence-corrected chi connectivity index (χ0v) is 12.2. The van der Waals surface area contributed by atoms with E-state index in [1.807, 2.05) is 6.92 Å². The molecule has 1 aromatic heterocycles. The number of carbonyl (C=O) groups is 1. The number of nitrogens with zero attached hydrogens (tertiary/aromatic N) is 1. The maximum absolute atomic E-state index is 12.0. The van der Waals surface area contributed by atoms with Crippen molar-refractivity contribution in [2.24, 2.45) is 0 Å². The molecule has 0 aliphatic carbocycles. The molecule has 0 unspecified atom stereocenters. The van der Waals surface area contributed by atoms with Gasteiger partial charge in [0, 0.05) is 5.38 Å². The Hall–Kier alpha value is -1.77. The molecular formula is C12H12N2O4S2. The van der Waals surface area contributed by atoms with E-state index in [4.69, 9.17) is 5.11 Å². The lowest BCUT2D eigenvalue weighted by molar-refractivity contribution is 0.0691. The van der Waals surface area contributed by atoms with E-state index < -0.39 is 16.0 Å². The number of rotatable bonds is 5. The van der Waals surface area contributed by atoms with Gasteiger partial charge in [0.2, 0.25) is 10.0 Å². The molecule has 0 bridgehead atoms. The number of nitrogens with one attached hydrogen (secondary N) is 1. The van der Waals surface area contributed by atoms with Crippen molar-refractivity contribution in [1.29, 1.82) is 0 Å². The molecule has 0 radical (unpaired) electrons. The lowest BCUT2D eigenvalue weighted by Crippen LogP contribution is -2.23. The van der Waals surface area contributed by atoms with Crippen molar-refractivity contribution in [3.63, 3.8) is 0 Å². The second-order valence-electron chi connectivity index (χ2n) is 4.07. The molecule has 0 atom stereocenters. The van der Waals surface area contributed by atoms with Gasteiger partial charge >= 0.3 is 5.97 Å². The number of aromatic carboxylic acids is 1. The average molecular weight is 312 g/mol. The van der Waals surface area contributed by atoms with Crippen LogP contribution in [0.1, 0.15) is 21.1 Å². The number of sulfonamides is 1. The van der Waals surface area contributed by atoms with Gasteiger partial charge in [0.15, 0.2) is 5.69 Å². The lowest BCUT2D eigenvalue weighted by Gasteiger charge is -2.05. The largest absolute Gasteiger partial charge is 0.476 e. The number of carboxylic acids is 1. The topological polar surface area (TPSA) is 96.4 Å². The zero-order chi connectivity index (χ0) is 14.8. The molecule has 0 amide bonds. The van der Waals surface area contributed by atoms with Crippen LogP contribution >= 0.6 is 11.3 Å². The highest BCUT2D eigenvalue weighted by atomic mass is 32.2. The van der Waals surface area contributed by atoms with Crippen molar-refractivity contribution in [3.8, 4) is 0 Å². The van der Waals surface area contributed by atoms with Crippen LogP contribution in [-0.4, -0.2) is 24.5 Å². The molecule has 2 rings (SSSR count). The van der Waals surface area contributed by atoms with Crippen LogP contribution in [0.15, 0.2) is 34.5 Å². The molecule has 20 heavy (non-hydrogen) atoms. The smallest absolute Gasteiger partial charge is 0.355 e. The van der Waals surface area contributed by atoms with Gasteiger partial charge in [-0.2, -0.15) is 0 Å². The van der Waals surface area contributed by atoms with E-state index in [0.29, 0.717) is 5.01 Å². The normalized spacial score (nSPS) is 11.4. The minimum Gasteiger partial charge on any atom is -0.476 e. The van der Waals surface area contributed by atoms with Crippen molar-refractivity contribution in [3.05, 3.63) is 45.9 Å². The van der Waals surface area contributed by atoms with Crippen LogP contribution in [0, 0.1) is 6.92 Å². The van der Waals surface area contributed by atoms with E-state index >= 15 is 0 Å². The molecule has 0 saturated carbocycles. The Morgan fingerprint density at radius 3 is 2.55 bits per heavy atom. The summed E-state index contributed by atoms with van der Waals surface area (Å²) in [5.41, 5.74) is 0.884. The Balaban J connectivity index is 2.08. The van der Waals surface area contributed by atoms with Crippen molar-refractivity contribution in [2.45, 2.75) is 18.4 Å². The van der Waals surface area contributed by atoms with Gasteiger partial charge in [0.1, 0.15) is 5.01 Å². The second-order valence-corrected chi connectivity index (χ2v) is 6.78. The maximum atomic E-state index is 12.0. The quantitative estimate of drug-likeness (QED) is 0.874. The Bertz CT molecular complexity index is 720. The van der Waals surface area contributed by atoms with Gasteiger partial charge in [-0.3, -0.25) is 0 Å². The van der Waals surface area contributed by atoms with Gasteiger partial charge in [-0.1, -0.05) is 17.7 Å². The summed E-state index contributed by atoms with van der Waals surface area (Å²) in [4.78, 5) is 14.7. The highest BCUT2D eigenvalue weighted by molar-refractivity contribution is 7.89. The number of benzene rings is 1. The molecule has 8 heteroatoms. The van der Waals surface area contributed by atoms with Gasteiger partial charge in [-0.25, -0.2) is 22.9 Å². The summed E-state index contributed by atoms with van der Waals surface area (Å²) >= 11 is 1.10. The predicted molar refractivity (Wildman–Crippen MR) is 74.3 cm³/mol. The first-order valence-electron chi connectivity index (χ1n) is 5.62. The van der Waals surface area contributed by atoms with E-state index in [1.165, 1.54) is 17.5 Å². The predicted octanol–water partition coefficient (Wildman–Crippen LogP) is 1.63. The fourth-order valence-electron chi connectivity index (χ4n) is 1.45. The van der Waals surface area contributed by atoms with E-state index in [1.54, 1.807) is 12.1 Å². The van der Waals surface area contributed by atoms with Crippen molar-refractivity contribution in [1.82, 2.24) is 9.71 Å². The minimum atomic E-state index is -3.62. The molecular weight excluding hydrogens is 300 g/mol. The van der Waals surface area contributed by atoms with Crippen LogP contribution in [0.3, 0.4) is 0 Å². The number of hydrogen-bond donors (Lipinski definition) is 2. The summed E-state index contributed by atoms with van der Waals surface area (Å²) < 4.78 is 26.4. The zero-order valence-electron chi connectivity index (χ0n) is 10.5. The highest BCUT2D eigenvalue weighted by Gasteiger charge is 2.15. The summed E-state index contributed by atoms with van der Waals surface area (Å²) in [5, 5.41) is 10.5. The number of hydrogen-bond acceptors (Lipinski definition) is 5. The first-order valence-corrected chi connectivity index (χ1v) is 7.99. The summed E-state index contributed by atoms with van der Waals surface area (Å²) in [6, 6.07) is 6.45. The molecule has 6 nitrogen and oxygen atoms in total. The van der Waals surface area contributed by atoms with Crippen molar-refractivity contribution >= 4 is 27.3 Å². The van der Waals surface area contributed by atoms with Gasteiger partial charge in [-0.05, 0) is 19.1 Å². The average Bonchev–Trinajstić information content (AvgIpc) is 2.86. The molecule has 1 aromatic carbocycles. The van der Waals surface area contributed by atoms with Gasteiger partial charge < -0.3 is 5.11 Å². The van der Waals surface area contributed by atoms with E-state index in [0.717, 1.165) is 16.9 Å². The van der Waals surface area contributed by atoms with Crippen molar-refractivity contribution in [2.75, 3.05) is 0 Å². The molecule has 106 valence electrons. The van der Waals surface area contributed by atoms with Crippen LogP contribution < -0.4 is 4.72 Å². The second kappa shape index (κ2) is 5.70. The van der Waals surface area contributed by atoms with Crippen LogP contribution in [0.4, 0.5) is 0 Å². The monoisotopic (exact) mass is 312 g/mol. The maximum Gasteiger partial charge on any atom is 0.355 e. The standard InChI is InChI=1S/C12H12N2O4S2/c1-8-2-4-9(5-3-8)20(17,18)13-6-11-14-10(7-19-11)12(15)16/h2-5,7,13H,6H2,1H3,(H,15,16). The summed E-state index contributed by atoms with van der Waals surface area (Å²) in [7, 11) is -3.62. The van der Waals surface area contributed by atoms with Gasteiger partial charge in [0.25, 0.3) is 0 Å². The van der Waals surface area contributed by atoms with E-state index in [9.17, 15) is 13.2 Å².